The highest BCUT2D eigenvalue weighted by Crippen LogP contribution is 2.30. The number of carbonyl (C=O) groups excluding carboxylic acids is 1. The summed E-state index contributed by atoms with van der Waals surface area (Å²) < 4.78 is 14.4. The van der Waals surface area contributed by atoms with Crippen LogP contribution in [0.3, 0.4) is 0 Å². The molecule has 0 saturated carbocycles. The number of hydrogen-bond acceptors (Lipinski definition) is 4. The quantitative estimate of drug-likeness (QED) is 0.454. The van der Waals surface area contributed by atoms with Crippen LogP contribution in [-0.4, -0.2) is 32.6 Å². The van der Waals surface area contributed by atoms with Gasteiger partial charge in [0.05, 0.1) is 18.6 Å². The molecule has 0 unspecified atom stereocenters. The summed E-state index contributed by atoms with van der Waals surface area (Å²) in [6.07, 6.45) is -0.558. The number of carbonyl (C=O) groups is 1. The molecule has 0 aromatic heterocycles. The molecule has 0 aliphatic carbocycles. The Hall–Kier alpha value is -0.770. The Kier molecular flexibility index (Phi) is 1.11. The predicted octanol–water partition coefficient (Wildman–Crippen LogP) is 0.170. The van der Waals surface area contributed by atoms with Crippen molar-refractivity contribution in [1.29, 1.82) is 0 Å². The predicted molar refractivity (Wildman–Crippen MR) is 30.6 cm³/mol. The van der Waals surface area contributed by atoms with Gasteiger partial charge in [0.2, 0.25) is 0 Å². The standard InChI is InChI=1S/C6H8O4/c7-5-9-3-6(4-10-5)1-8-2-6/h1-4H2. The molecule has 0 amide bonds. The smallest absolute Gasteiger partial charge is 0.433 e. The van der Waals surface area contributed by atoms with Gasteiger partial charge in [-0.1, -0.05) is 0 Å². The van der Waals surface area contributed by atoms with Crippen LogP contribution in [0, 0.1) is 5.41 Å². The number of ether oxygens (including phenoxy) is 3. The van der Waals surface area contributed by atoms with Crippen LogP contribution < -0.4 is 0 Å². The Morgan fingerprint density at radius 1 is 1.10 bits per heavy atom. The van der Waals surface area contributed by atoms with Gasteiger partial charge >= 0.3 is 6.16 Å². The summed E-state index contributed by atoms with van der Waals surface area (Å²) in [6.45, 7) is 2.21. The number of cyclic esters (lactones) is 2. The zero-order valence-electron chi connectivity index (χ0n) is 5.46. The van der Waals surface area contributed by atoms with E-state index in [1.54, 1.807) is 0 Å². The average Bonchev–Trinajstić information content (AvgIpc) is 1.86. The van der Waals surface area contributed by atoms with Gasteiger partial charge in [0.15, 0.2) is 0 Å². The Labute approximate surface area is 58.1 Å². The first-order valence-electron chi connectivity index (χ1n) is 3.18. The van der Waals surface area contributed by atoms with Crippen molar-refractivity contribution in [2.24, 2.45) is 5.41 Å². The summed E-state index contributed by atoms with van der Waals surface area (Å²) in [4.78, 5) is 10.4. The summed E-state index contributed by atoms with van der Waals surface area (Å²) in [6, 6.07) is 0. The average molecular weight is 144 g/mol. The van der Waals surface area contributed by atoms with Crippen LogP contribution in [-0.2, 0) is 14.2 Å². The molecular weight excluding hydrogens is 136 g/mol. The lowest BCUT2D eigenvalue weighted by Crippen LogP contribution is -2.53. The minimum Gasteiger partial charge on any atom is -0.433 e. The van der Waals surface area contributed by atoms with Gasteiger partial charge in [0.1, 0.15) is 13.2 Å². The van der Waals surface area contributed by atoms with Gasteiger partial charge in [-0.05, 0) is 0 Å². The number of rotatable bonds is 0. The molecule has 4 heteroatoms. The molecule has 2 heterocycles. The van der Waals surface area contributed by atoms with Crippen LogP contribution in [0.15, 0.2) is 0 Å². The van der Waals surface area contributed by atoms with Crippen LogP contribution in [0.4, 0.5) is 4.79 Å². The Bertz CT molecular complexity index is 149. The van der Waals surface area contributed by atoms with Crippen molar-refractivity contribution >= 4 is 6.16 Å². The van der Waals surface area contributed by atoms with E-state index in [-0.39, 0.29) is 5.41 Å². The van der Waals surface area contributed by atoms with Crippen LogP contribution in [0.25, 0.3) is 0 Å². The summed E-state index contributed by atoms with van der Waals surface area (Å²) in [5.74, 6) is 0. The second-order valence-corrected chi connectivity index (χ2v) is 2.82. The molecule has 0 aromatic carbocycles. The maximum absolute atomic E-state index is 10.4. The molecule has 0 radical (unpaired) electrons. The minimum absolute atomic E-state index is 0.00604. The van der Waals surface area contributed by atoms with Crippen molar-refractivity contribution in [2.75, 3.05) is 26.4 Å². The van der Waals surface area contributed by atoms with Gasteiger partial charge in [-0.2, -0.15) is 0 Å². The second kappa shape index (κ2) is 1.85. The van der Waals surface area contributed by atoms with Crippen molar-refractivity contribution in [3.63, 3.8) is 0 Å². The van der Waals surface area contributed by atoms with Crippen molar-refractivity contribution in [2.45, 2.75) is 0 Å². The zero-order valence-corrected chi connectivity index (χ0v) is 5.46. The SMILES string of the molecule is O=C1OCC2(COC2)CO1. The van der Waals surface area contributed by atoms with E-state index in [1.165, 1.54) is 0 Å². The summed E-state index contributed by atoms with van der Waals surface area (Å²) in [5, 5.41) is 0. The molecule has 2 aliphatic heterocycles. The van der Waals surface area contributed by atoms with E-state index in [1.807, 2.05) is 0 Å². The molecule has 2 saturated heterocycles. The van der Waals surface area contributed by atoms with Gasteiger partial charge in [0, 0.05) is 0 Å². The lowest BCUT2D eigenvalue weighted by atomic mass is 9.88. The first-order chi connectivity index (χ1) is 4.81. The molecule has 0 N–H and O–H groups in total. The summed E-state index contributed by atoms with van der Waals surface area (Å²) in [7, 11) is 0. The lowest BCUT2D eigenvalue weighted by Gasteiger charge is -2.41. The van der Waals surface area contributed by atoms with Crippen LogP contribution in [0.5, 0.6) is 0 Å². The van der Waals surface area contributed by atoms with E-state index in [0.29, 0.717) is 26.4 Å². The Morgan fingerprint density at radius 2 is 1.70 bits per heavy atom. The van der Waals surface area contributed by atoms with Crippen molar-refractivity contribution in [1.82, 2.24) is 0 Å². The van der Waals surface area contributed by atoms with Gasteiger partial charge in [-0.25, -0.2) is 4.79 Å². The van der Waals surface area contributed by atoms with Gasteiger partial charge in [-0.15, -0.1) is 0 Å². The van der Waals surface area contributed by atoms with Crippen molar-refractivity contribution in [3.05, 3.63) is 0 Å². The fourth-order valence-corrected chi connectivity index (χ4v) is 1.06. The Balaban J connectivity index is 1.96. The van der Waals surface area contributed by atoms with Gasteiger partial charge in [-0.3, -0.25) is 0 Å². The highest BCUT2D eigenvalue weighted by molar-refractivity contribution is 5.60. The summed E-state index contributed by atoms with van der Waals surface area (Å²) in [5.41, 5.74) is -0.00604. The fourth-order valence-electron chi connectivity index (χ4n) is 1.06. The molecule has 0 atom stereocenters. The van der Waals surface area contributed by atoms with E-state index in [9.17, 15) is 4.79 Å². The third kappa shape index (κ3) is 0.759. The third-order valence-corrected chi connectivity index (χ3v) is 1.81. The van der Waals surface area contributed by atoms with E-state index < -0.39 is 6.16 Å². The molecule has 56 valence electrons. The second-order valence-electron chi connectivity index (χ2n) is 2.82. The maximum atomic E-state index is 10.4. The molecule has 0 aromatic rings. The number of hydrogen-bond donors (Lipinski definition) is 0. The third-order valence-electron chi connectivity index (χ3n) is 1.81. The van der Waals surface area contributed by atoms with Gasteiger partial charge < -0.3 is 14.2 Å². The Morgan fingerprint density at radius 3 is 2.10 bits per heavy atom. The minimum atomic E-state index is -0.558. The maximum Gasteiger partial charge on any atom is 0.508 e. The topological polar surface area (TPSA) is 44.8 Å². The molecular formula is C6H8O4. The van der Waals surface area contributed by atoms with Crippen molar-refractivity contribution < 1.29 is 19.0 Å². The van der Waals surface area contributed by atoms with E-state index in [4.69, 9.17) is 14.2 Å². The largest absolute Gasteiger partial charge is 0.508 e. The van der Waals surface area contributed by atoms with Gasteiger partial charge in [0.25, 0.3) is 0 Å². The molecule has 4 nitrogen and oxygen atoms in total. The van der Waals surface area contributed by atoms with Crippen molar-refractivity contribution in [3.8, 4) is 0 Å². The fraction of sp³-hybridized carbons (Fsp3) is 0.833. The van der Waals surface area contributed by atoms with Crippen LogP contribution in [0.2, 0.25) is 0 Å². The molecule has 2 aliphatic rings. The molecule has 1 spiro atoms. The van der Waals surface area contributed by atoms with E-state index in [0.717, 1.165) is 0 Å². The van der Waals surface area contributed by atoms with Crippen LogP contribution in [0.1, 0.15) is 0 Å². The monoisotopic (exact) mass is 144 g/mol. The highest BCUT2D eigenvalue weighted by Gasteiger charge is 2.44. The molecule has 10 heavy (non-hydrogen) atoms. The normalized spacial score (nSPS) is 28.6. The zero-order chi connectivity index (χ0) is 7.03. The van der Waals surface area contributed by atoms with Crippen LogP contribution >= 0.6 is 0 Å². The van der Waals surface area contributed by atoms with E-state index >= 15 is 0 Å². The highest BCUT2D eigenvalue weighted by atomic mass is 16.7. The summed E-state index contributed by atoms with van der Waals surface area (Å²) >= 11 is 0. The molecule has 0 bridgehead atoms. The lowest BCUT2D eigenvalue weighted by molar-refractivity contribution is -0.189. The van der Waals surface area contributed by atoms with E-state index in [2.05, 4.69) is 0 Å². The first kappa shape index (κ1) is 5.97. The molecule has 2 fully saturated rings. The first-order valence-corrected chi connectivity index (χ1v) is 3.18. The molecule has 2 rings (SSSR count).